The summed E-state index contributed by atoms with van der Waals surface area (Å²) in [5.41, 5.74) is 2.85. The van der Waals surface area contributed by atoms with Gasteiger partial charge in [-0.15, -0.1) is 11.3 Å². The molecule has 3 aromatic rings. The van der Waals surface area contributed by atoms with E-state index in [1.54, 1.807) is 17.5 Å². The van der Waals surface area contributed by atoms with Gasteiger partial charge in [0.1, 0.15) is 5.82 Å². The fourth-order valence-corrected chi connectivity index (χ4v) is 2.96. The molecule has 0 bridgehead atoms. The lowest BCUT2D eigenvalue weighted by molar-refractivity contribution is -0.120. The lowest BCUT2D eigenvalue weighted by Crippen LogP contribution is -2.25. The molecule has 0 unspecified atom stereocenters. The van der Waals surface area contributed by atoms with Crippen molar-refractivity contribution >= 4 is 17.2 Å². The molecule has 3 rings (SSSR count). The van der Waals surface area contributed by atoms with Crippen molar-refractivity contribution in [3.05, 3.63) is 58.4 Å². The maximum Gasteiger partial charge on any atom is 0.226 e. The molecule has 0 spiro atoms. The Bertz CT molecular complexity index is 779. The van der Waals surface area contributed by atoms with Gasteiger partial charge in [0, 0.05) is 5.38 Å². The molecule has 0 aliphatic heterocycles. The number of rotatable bonds is 6. The van der Waals surface area contributed by atoms with Gasteiger partial charge in [0.05, 0.1) is 35.6 Å². The molecular weight excluding hydrogens is 308 g/mol. The van der Waals surface area contributed by atoms with Gasteiger partial charge in [0.25, 0.3) is 0 Å². The summed E-state index contributed by atoms with van der Waals surface area (Å²) in [5.74, 6) is 0.695. The van der Waals surface area contributed by atoms with Crippen LogP contribution in [0.1, 0.15) is 23.4 Å². The first-order valence-electron chi connectivity index (χ1n) is 7.54. The fourth-order valence-electron chi connectivity index (χ4n) is 2.22. The minimum absolute atomic E-state index is 0.0457. The first-order chi connectivity index (χ1) is 11.2. The van der Waals surface area contributed by atoms with E-state index in [-0.39, 0.29) is 5.91 Å². The lowest BCUT2D eigenvalue weighted by Gasteiger charge is -2.01. The molecule has 0 atom stereocenters. The number of hydrogen-bond acceptors (Lipinski definition) is 4. The number of nitrogens with one attached hydrogen (secondary N) is 2. The van der Waals surface area contributed by atoms with Gasteiger partial charge >= 0.3 is 0 Å². The number of H-pyrrole nitrogens is 1. The predicted molar refractivity (Wildman–Crippen MR) is 91.1 cm³/mol. The SMILES string of the molecule is CCc1nc(CC(=O)NCc2ncc(-c3ccccc3)[nH]2)cs1. The minimum Gasteiger partial charge on any atom is -0.349 e. The Hall–Kier alpha value is -2.47. The average molecular weight is 326 g/mol. The second-order valence-corrected chi connectivity index (χ2v) is 6.09. The average Bonchev–Trinajstić information content (AvgIpc) is 3.23. The van der Waals surface area contributed by atoms with Gasteiger partial charge in [0.2, 0.25) is 5.91 Å². The monoisotopic (exact) mass is 326 g/mol. The number of amides is 1. The Morgan fingerprint density at radius 2 is 2.13 bits per heavy atom. The molecule has 0 saturated heterocycles. The van der Waals surface area contributed by atoms with Crippen LogP contribution in [0.5, 0.6) is 0 Å². The van der Waals surface area contributed by atoms with Crippen LogP contribution < -0.4 is 5.32 Å². The second kappa shape index (κ2) is 7.19. The van der Waals surface area contributed by atoms with Gasteiger partial charge < -0.3 is 10.3 Å². The molecule has 0 radical (unpaired) electrons. The van der Waals surface area contributed by atoms with E-state index in [1.807, 2.05) is 35.7 Å². The maximum atomic E-state index is 12.0. The molecule has 5 nitrogen and oxygen atoms in total. The van der Waals surface area contributed by atoms with E-state index in [0.29, 0.717) is 13.0 Å². The molecule has 2 N–H and O–H groups in total. The minimum atomic E-state index is -0.0457. The van der Waals surface area contributed by atoms with Crippen molar-refractivity contribution in [3.63, 3.8) is 0 Å². The highest BCUT2D eigenvalue weighted by Crippen LogP contribution is 2.16. The van der Waals surface area contributed by atoms with E-state index >= 15 is 0 Å². The number of thiazole rings is 1. The zero-order chi connectivity index (χ0) is 16.1. The van der Waals surface area contributed by atoms with Crippen LogP contribution in [0.4, 0.5) is 0 Å². The summed E-state index contributed by atoms with van der Waals surface area (Å²) >= 11 is 1.60. The maximum absolute atomic E-state index is 12.0. The molecule has 0 aliphatic carbocycles. The number of aryl methyl sites for hydroxylation is 1. The van der Waals surface area contributed by atoms with Gasteiger partial charge in [-0.25, -0.2) is 9.97 Å². The molecule has 2 aromatic heterocycles. The quantitative estimate of drug-likeness (QED) is 0.731. The summed E-state index contributed by atoms with van der Waals surface area (Å²) in [6.07, 6.45) is 2.99. The Labute approximate surface area is 138 Å². The number of aromatic amines is 1. The van der Waals surface area contributed by atoms with Crippen LogP contribution >= 0.6 is 11.3 Å². The molecular formula is C17H18N4OS. The highest BCUT2D eigenvalue weighted by atomic mass is 32.1. The second-order valence-electron chi connectivity index (χ2n) is 5.15. The van der Waals surface area contributed by atoms with Crippen molar-refractivity contribution in [1.29, 1.82) is 0 Å². The van der Waals surface area contributed by atoms with E-state index in [9.17, 15) is 4.79 Å². The van der Waals surface area contributed by atoms with E-state index in [4.69, 9.17) is 0 Å². The fraction of sp³-hybridized carbons (Fsp3) is 0.235. The van der Waals surface area contributed by atoms with Crippen molar-refractivity contribution in [3.8, 4) is 11.3 Å². The smallest absolute Gasteiger partial charge is 0.226 e. The Kier molecular flexibility index (Phi) is 4.83. The van der Waals surface area contributed by atoms with Gasteiger partial charge in [-0.2, -0.15) is 0 Å². The third kappa shape index (κ3) is 4.04. The largest absolute Gasteiger partial charge is 0.349 e. The zero-order valence-electron chi connectivity index (χ0n) is 12.9. The number of benzene rings is 1. The molecule has 6 heteroatoms. The van der Waals surface area contributed by atoms with Gasteiger partial charge in [-0.05, 0) is 12.0 Å². The molecule has 23 heavy (non-hydrogen) atoms. The van der Waals surface area contributed by atoms with Crippen molar-refractivity contribution in [2.24, 2.45) is 0 Å². The summed E-state index contributed by atoms with van der Waals surface area (Å²) in [6.45, 7) is 2.44. The van der Waals surface area contributed by atoms with Gasteiger partial charge in [-0.3, -0.25) is 4.79 Å². The number of aromatic nitrogens is 3. The third-order valence-electron chi connectivity index (χ3n) is 3.41. The topological polar surface area (TPSA) is 70.7 Å². The normalized spacial score (nSPS) is 10.7. The van der Waals surface area contributed by atoms with Crippen molar-refractivity contribution in [2.75, 3.05) is 0 Å². The Balaban J connectivity index is 1.54. The van der Waals surface area contributed by atoms with E-state index in [0.717, 1.165) is 34.2 Å². The zero-order valence-corrected chi connectivity index (χ0v) is 13.7. The molecule has 1 amide bonds. The first-order valence-corrected chi connectivity index (χ1v) is 8.42. The molecule has 118 valence electrons. The number of hydrogen-bond donors (Lipinski definition) is 2. The summed E-state index contributed by atoms with van der Waals surface area (Å²) in [7, 11) is 0. The summed E-state index contributed by atoms with van der Waals surface area (Å²) < 4.78 is 0. The third-order valence-corrected chi connectivity index (χ3v) is 4.45. The molecule has 2 heterocycles. The molecule has 1 aromatic carbocycles. The Morgan fingerprint density at radius 3 is 2.87 bits per heavy atom. The number of imidazole rings is 1. The summed E-state index contributed by atoms with van der Waals surface area (Å²) in [5, 5.41) is 5.88. The van der Waals surface area contributed by atoms with Crippen LogP contribution in [-0.4, -0.2) is 20.9 Å². The van der Waals surface area contributed by atoms with Gasteiger partial charge in [0.15, 0.2) is 0 Å². The first kappa shape index (κ1) is 15.4. The van der Waals surface area contributed by atoms with Crippen molar-refractivity contribution < 1.29 is 4.79 Å². The standard InChI is InChI=1S/C17H18N4OS/c1-2-17-20-13(11-23-17)8-16(22)19-10-15-18-9-14(21-15)12-6-4-3-5-7-12/h3-7,9,11H,2,8,10H2,1H3,(H,18,21)(H,19,22). The van der Waals surface area contributed by atoms with E-state index in [1.165, 1.54) is 0 Å². The number of nitrogens with zero attached hydrogens (tertiary/aromatic N) is 2. The summed E-state index contributed by atoms with van der Waals surface area (Å²) in [4.78, 5) is 23.9. The van der Waals surface area contributed by atoms with Gasteiger partial charge in [-0.1, -0.05) is 37.3 Å². The van der Waals surface area contributed by atoms with Crippen molar-refractivity contribution in [2.45, 2.75) is 26.3 Å². The van der Waals surface area contributed by atoms with Crippen molar-refractivity contribution in [1.82, 2.24) is 20.3 Å². The molecule has 0 saturated carbocycles. The van der Waals surface area contributed by atoms with Crippen LogP contribution in [0, 0.1) is 0 Å². The van der Waals surface area contributed by atoms with E-state index < -0.39 is 0 Å². The highest BCUT2D eigenvalue weighted by Gasteiger charge is 2.08. The van der Waals surface area contributed by atoms with Crippen LogP contribution in [-0.2, 0) is 24.2 Å². The Morgan fingerprint density at radius 1 is 1.30 bits per heavy atom. The molecule has 0 fully saturated rings. The lowest BCUT2D eigenvalue weighted by atomic mass is 10.2. The number of carbonyl (C=O) groups is 1. The number of carbonyl (C=O) groups excluding carboxylic acids is 1. The van der Waals surface area contributed by atoms with Crippen LogP contribution in [0.2, 0.25) is 0 Å². The van der Waals surface area contributed by atoms with Crippen LogP contribution in [0.3, 0.4) is 0 Å². The predicted octanol–water partition coefficient (Wildman–Crippen LogP) is 2.95. The summed E-state index contributed by atoms with van der Waals surface area (Å²) in [6, 6.07) is 9.97. The van der Waals surface area contributed by atoms with E-state index in [2.05, 4.69) is 27.2 Å². The van der Waals surface area contributed by atoms with Crippen LogP contribution in [0.15, 0.2) is 41.9 Å². The van der Waals surface area contributed by atoms with Crippen LogP contribution in [0.25, 0.3) is 11.3 Å². The molecule has 0 aliphatic rings. The highest BCUT2D eigenvalue weighted by molar-refractivity contribution is 7.09.